The van der Waals surface area contributed by atoms with Gasteiger partial charge in [-0.1, -0.05) is 48.2 Å². The molecule has 0 aliphatic rings. The quantitative estimate of drug-likeness (QED) is 0.558. The van der Waals surface area contributed by atoms with Crippen molar-refractivity contribution in [3.05, 3.63) is 64.6 Å². The maximum atomic E-state index is 9.20. The van der Waals surface area contributed by atoms with Crippen LogP contribution in [0.5, 0.6) is 0 Å². The Labute approximate surface area is 114 Å². The van der Waals surface area contributed by atoms with Crippen LogP contribution >= 0.6 is 11.8 Å². The molecular formula is C16H17NS. The van der Waals surface area contributed by atoms with Gasteiger partial charge in [-0.2, -0.15) is 5.26 Å². The molecule has 0 aromatic heterocycles. The van der Waals surface area contributed by atoms with E-state index < -0.39 is 0 Å². The average molecular weight is 255 g/mol. The second-order valence-electron chi connectivity index (χ2n) is 3.76. The van der Waals surface area contributed by atoms with Gasteiger partial charge in [0.15, 0.2) is 0 Å². The number of nitriles is 1. The molecule has 0 bridgehead atoms. The van der Waals surface area contributed by atoms with Gasteiger partial charge in [0.1, 0.15) is 6.07 Å². The molecule has 0 unspecified atom stereocenters. The number of rotatable bonds is 4. The summed E-state index contributed by atoms with van der Waals surface area (Å²) in [5, 5.41) is 9.20. The van der Waals surface area contributed by atoms with Crippen molar-refractivity contribution in [2.45, 2.75) is 25.7 Å². The van der Waals surface area contributed by atoms with Crippen LogP contribution in [0.15, 0.2) is 58.4 Å². The van der Waals surface area contributed by atoms with E-state index in [1.165, 1.54) is 0 Å². The third-order valence-corrected chi connectivity index (χ3v) is 3.43. The van der Waals surface area contributed by atoms with Crippen LogP contribution in [0.1, 0.15) is 25.0 Å². The number of hydrogen-bond donors (Lipinski definition) is 0. The number of aryl methyl sites for hydroxylation is 1. The van der Waals surface area contributed by atoms with E-state index in [-0.39, 0.29) is 0 Å². The first kappa shape index (κ1) is 14.3. The third-order valence-electron chi connectivity index (χ3n) is 2.36. The first-order valence-corrected chi connectivity index (χ1v) is 6.67. The van der Waals surface area contributed by atoms with Crippen molar-refractivity contribution in [2.24, 2.45) is 0 Å². The lowest BCUT2D eigenvalue weighted by Crippen LogP contribution is -1.86. The maximum Gasteiger partial charge on any atom is 0.101 e. The lowest BCUT2D eigenvalue weighted by molar-refractivity contribution is 1.29. The highest BCUT2D eigenvalue weighted by Crippen LogP contribution is 2.31. The van der Waals surface area contributed by atoms with Gasteiger partial charge in [-0.15, -0.1) is 0 Å². The molecule has 2 heteroatoms. The Morgan fingerprint density at radius 2 is 2.06 bits per heavy atom. The van der Waals surface area contributed by atoms with Crippen molar-refractivity contribution in [2.75, 3.05) is 0 Å². The van der Waals surface area contributed by atoms with Gasteiger partial charge in [0.05, 0.1) is 5.56 Å². The molecule has 0 heterocycles. The minimum Gasteiger partial charge on any atom is -0.192 e. The molecule has 18 heavy (non-hydrogen) atoms. The van der Waals surface area contributed by atoms with Crippen LogP contribution in [-0.2, 0) is 0 Å². The highest BCUT2D eigenvalue weighted by Gasteiger charge is 2.06. The summed E-state index contributed by atoms with van der Waals surface area (Å²) in [5.74, 6) is 0. The van der Waals surface area contributed by atoms with Gasteiger partial charge >= 0.3 is 0 Å². The molecule has 1 aromatic rings. The number of allylic oxidation sites excluding steroid dienone is 5. The summed E-state index contributed by atoms with van der Waals surface area (Å²) in [6.07, 6.45) is 10.1. The number of thioether (sulfide) groups is 1. The highest BCUT2D eigenvalue weighted by molar-refractivity contribution is 8.03. The second-order valence-corrected chi connectivity index (χ2v) is 4.87. The summed E-state index contributed by atoms with van der Waals surface area (Å²) < 4.78 is 0. The number of nitrogens with zero attached hydrogens (tertiary/aromatic N) is 1. The van der Waals surface area contributed by atoms with Gasteiger partial charge in [0, 0.05) is 9.80 Å². The molecule has 0 aliphatic carbocycles. The van der Waals surface area contributed by atoms with Crippen LogP contribution in [0.4, 0.5) is 0 Å². The van der Waals surface area contributed by atoms with E-state index in [0.717, 1.165) is 20.9 Å². The zero-order valence-electron chi connectivity index (χ0n) is 11.0. The van der Waals surface area contributed by atoms with E-state index in [2.05, 4.69) is 6.07 Å². The average Bonchev–Trinajstić information content (AvgIpc) is 2.36. The van der Waals surface area contributed by atoms with Crippen molar-refractivity contribution >= 4 is 11.8 Å². The van der Waals surface area contributed by atoms with Crippen LogP contribution in [0.3, 0.4) is 0 Å². The third kappa shape index (κ3) is 3.94. The van der Waals surface area contributed by atoms with Crippen LogP contribution in [0.2, 0.25) is 0 Å². The standard InChI is InChI=1S/C16H17NS/c1-4-6-10-14(8-5-2)18-16-11-7-9-13(3)15(16)12-17/h4-11H,1-3H3/b6-4+,8-5-,14-10+. The molecule has 0 radical (unpaired) electrons. The lowest BCUT2D eigenvalue weighted by Gasteiger charge is -2.06. The fraction of sp³-hybridized carbons (Fsp3) is 0.188. The molecule has 0 saturated carbocycles. The molecule has 0 N–H and O–H groups in total. The Balaban J connectivity index is 3.09. The van der Waals surface area contributed by atoms with Crippen LogP contribution in [0.25, 0.3) is 0 Å². The summed E-state index contributed by atoms with van der Waals surface area (Å²) in [5.41, 5.74) is 1.78. The van der Waals surface area contributed by atoms with Crippen molar-refractivity contribution in [3.8, 4) is 6.07 Å². The zero-order valence-corrected chi connectivity index (χ0v) is 11.8. The maximum absolute atomic E-state index is 9.20. The zero-order chi connectivity index (χ0) is 13.4. The summed E-state index contributed by atoms with van der Waals surface area (Å²) in [4.78, 5) is 2.13. The van der Waals surface area contributed by atoms with Crippen molar-refractivity contribution in [3.63, 3.8) is 0 Å². The fourth-order valence-electron chi connectivity index (χ4n) is 1.48. The smallest absolute Gasteiger partial charge is 0.101 e. The van der Waals surface area contributed by atoms with E-state index in [1.54, 1.807) is 11.8 Å². The first-order chi connectivity index (χ1) is 8.72. The largest absolute Gasteiger partial charge is 0.192 e. The second kappa shape index (κ2) is 7.58. The minimum atomic E-state index is 0.762. The molecule has 1 rings (SSSR count). The van der Waals surface area contributed by atoms with Gasteiger partial charge in [0.25, 0.3) is 0 Å². The topological polar surface area (TPSA) is 23.8 Å². The van der Waals surface area contributed by atoms with E-state index >= 15 is 0 Å². The van der Waals surface area contributed by atoms with Gasteiger partial charge in [-0.25, -0.2) is 0 Å². The Morgan fingerprint density at radius 1 is 1.28 bits per heavy atom. The van der Waals surface area contributed by atoms with E-state index in [4.69, 9.17) is 0 Å². The molecule has 92 valence electrons. The van der Waals surface area contributed by atoms with E-state index in [0.29, 0.717) is 0 Å². The summed E-state index contributed by atoms with van der Waals surface area (Å²) in [6, 6.07) is 8.22. The Hall–Kier alpha value is -1.72. The lowest BCUT2D eigenvalue weighted by atomic mass is 10.1. The molecule has 0 fully saturated rings. The Morgan fingerprint density at radius 3 is 2.67 bits per heavy atom. The van der Waals surface area contributed by atoms with Crippen molar-refractivity contribution in [1.29, 1.82) is 5.26 Å². The fourth-order valence-corrected chi connectivity index (χ4v) is 2.54. The van der Waals surface area contributed by atoms with E-state index in [9.17, 15) is 5.26 Å². The molecule has 0 saturated heterocycles. The van der Waals surface area contributed by atoms with Gasteiger partial charge in [-0.3, -0.25) is 0 Å². The molecule has 0 spiro atoms. The SMILES string of the molecule is C\C=C/C(=C\C=C\C)Sc1cccc(C)c1C#N. The molecule has 1 aromatic carbocycles. The number of benzene rings is 1. The predicted octanol–water partition coefficient (Wildman–Crippen LogP) is 4.99. The molecular weight excluding hydrogens is 238 g/mol. The first-order valence-electron chi connectivity index (χ1n) is 5.86. The van der Waals surface area contributed by atoms with E-state index in [1.807, 2.05) is 69.4 Å². The molecule has 1 nitrogen and oxygen atoms in total. The summed E-state index contributed by atoms with van der Waals surface area (Å²) >= 11 is 1.62. The van der Waals surface area contributed by atoms with Gasteiger partial charge in [-0.05, 0) is 38.5 Å². The molecule has 0 atom stereocenters. The van der Waals surface area contributed by atoms with Crippen LogP contribution in [-0.4, -0.2) is 0 Å². The Bertz CT molecular complexity index is 531. The van der Waals surface area contributed by atoms with Crippen LogP contribution in [0, 0.1) is 18.3 Å². The molecule has 0 aliphatic heterocycles. The monoisotopic (exact) mass is 255 g/mol. The normalized spacial score (nSPS) is 12.2. The summed E-state index contributed by atoms with van der Waals surface area (Å²) in [6.45, 7) is 5.95. The van der Waals surface area contributed by atoms with Crippen LogP contribution < -0.4 is 0 Å². The van der Waals surface area contributed by atoms with Gasteiger partial charge in [0.2, 0.25) is 0 Å². The predicted molar refractivity (Wildman–Crippen MR) is 79.5 cm³/mol. The Kier molecular flexibility index (Phi) is 6.04. The van der Waals surface area contributed by atoms with Crippen molar-refractivity contribution in [1.82, 2.24) is 0 Å². The number of hydrogen-bond acceptors (Lipinski definition) is 2. The molecule has 0 amide bonds. The highest BCUT2D eigenvalue weighted by atomic mass is 32.2. The minimum absolute atomic E-state index is 0.762. The summed E-state index contributed by atoms with van der Waals surface area (Å²) in [7, 11) is 0. The van der Waals surface area contributed by atoms with Gasteiger partial charge < -0.3 is 0 Å². The van der Waals surface area contributed by atoms with Crippen molar-refractivity contribution < 1.29 is 0 Å².